The third-order valence-corrected chi connectivity index (χ3v) is 6.35. The highest BCUT2D eigenvalue weighted by atomic mass is 31.2. The van der Waals surface area contributed by atoms with Crippen molar-refractivity contribution in [1.29, 1.82) is 0 Å². The maximum Gasteiger partial charge on any atom is 0.337 e. The van der Waals surface area contributed by atoms with Crippen LogP contribution in [0.1, 0.15) is 45.4 Å². The molecule has 0 saturated carbocycles. The summed E-state index contributed by atoms with van der Waals surface area (Å²) in [6, 6.07) is 0. The van der Waals surface area contributed by atoms with E-state index in [0.717, 1.165) is 19.5 Å². The van der Waals surface area contributed by atoms with Gasteiger partial charge in [-0.15, -0.1) is 0 Å². The first-order chi connectivity index (χ1) is 7.77. The summed E-state index contributed by atoms with van der Waals surface area (Å²) in [5.41, 5.74) is 0. The van der Waals surface area contributed by atoms with Crippen LogP contribution in [0.3, 0.4) is 0 Å². The minimum absolute atomic E-state index is 0.180. The molecule has 0 aromatic rings. The first kappa shape index (κ1) is 17.3. The molecule has 0 amide bonds. The summed E-state index contributed by atoms with van der Waals surface area (Å²) in [6.07, 6.45) is 6.34. The van der Waals surface area contributed by atoms with E-state index >= 15 is 0 Å². The van der Waals surface area contributed by atoms with Crippen molar-refractivity contribution in [3.63, 3.8) is 0 Å². The molecule has 17 heavy (non-hydrogen) atoms. The van der Waals surface area contributed by atoms with Gasteiger partial charge in [-0.25, -0.2) is 0 Å². The summed E-state index contributed by atoms with van der Waals surface area (Å²) in [5, 5.41) is 0. The van der Waals surface area contributed by atoms with E-state index in [1.807, 2.05) is 0 Å². The van der Waals surface area contributed by atoms with Gasteiger partial charge < -0.3 is 14.3 Å². The number of hydrogen-bond donors (Lipinski definition) is 2. The molecule has 7 heteroatoms. The van der Waals surface area contributed by atoms with Crippen LogP contribution in [0.2, 0.25) is 0 Å². The van der Waals surface area contributed by atoms with Crippen molar-refractivity contribution in [2.75, 3.05) is 19.2 Å². The zero-order valence-electron chi connectivity index (χ0n) is 10.7. The Balaban J connectivity index is 3.60. The van der Waals surface area contributed by atoms with Crippen LogP contribution in [0.15, 0.2) is 0 Å². The standard InChI is InChI=1S/C10H24O5P2/c1-3-4-5-6-7-8-9-15-17(13,14)10-16(2,11)12/h3-10H2,1-2H3,(H,11,12)(H,13,14). The Morgan fingerprint density at radius 1 is 1.00 bits per heavy atom. The summed E-state index contributed by atoms with van der Waals surface area (Å²) >= 11 is 0. The van der Waals surface area contributed by atoms with Gasteiger partial charge in [-0.05, 0) is 6.42 Å². The molecule has 0 spiro atoms. The smallest absolute Gasteiger partial charge is 0.337 e. The average molecular weight is 286 g/mol. The third-order valence-electron chi connectivity index (χ3n) is 2.23. The molecule has 0 rings (SSSR count). The normalized spacial score (nSPS) is 18.6. The Morgan fingerprint density at radius 3 is 2.06 bits per heavy atom. The minimum Gasteiger partial charge on any atom is -0.344 e. The van der Waals surface area contributed by atoms with Gasteiger partial charge in [0.15, 0.2) is 0 Å². The molecule has 0 heterocycles. The monoisotopic (exact) mass is 286 g/mol. The lowest BCUT2D eigenvalue weighted by molar-refractivity contribution is 0.255. The summed E-state index contributed by atoms with van der Waals surface area (Å²) in [7, 11) is -7.38. The van der Waals surface area contributed by atoms with Crippen molar-refractivity contribution in [3.8, 4) is 0 Å². The molecule has 2 unspecified atom stereocenters. The van der Waals surface area contributed by atoms with Gasteiger partial charge in [0.25, 0.3) is 0 Å². The van der Waals surface area contributed by atoms with Crippen LogP contribution in [0.5, 0.6) is 0 Å². The van der Waals surface area contributed by atoms with Gasteiger partial charge in [-0.2, -0.15) is 0 Å². The fourth-order valence-electron chi connectivity index (χ4n) is 1.46. The van der Waals surface area contributed by atoms with Crippen molar-refractivity contribution in [2.24, 2.45) is 0 Å². The van der Waals surface area contributed by atoms with E-state index in [1.165, 1.54) is 19.3 Å². The molecule has 2 atom stereocenters. The molecule has 0 aliphatic heterocycles. The van der Waals surface area contributed by atoms with Crippen LogP contribution in [0, 0.1) is 0 Å². The molecular weight excluding hydrogens is 262 g/mol. The maximum absolute atomic E-state index is 11.4. The van der Waals surface area contributed by atoms with E-state index < -0.39 is 20.9 Å². The zero-order chi connectivity index (χ0) is 13.4. The fourth-order valence-corrected chi connectivity index (χ4v) is 4.86. The Hall–Kier alpha value is 0.340. The molecular formula is C10H24O5P2. The second kappa shape index (κ2) is 8.44. The van der Waals surface area contributed by atoms with Gasteiger partial charge in [0.2, 0.25) is 7.37 Å². The second-order valence-electron chi connectivity index (χ2n) is 4.43. The van der Waals surface area contributed by atoms with E-state index in [1.54, 1.807) is 0 Å². The minimum atomic E-state index is -3.89. The second-order valence-corrected chi connectivity index (χ2v) is 9.20. The lowest BCUT2D eigenvalue weighted by Gasteiger charge is -2.13. The topological polar surface area (TPSA) is 83.8 Å². The molecule has 0 aliphatic carbocycles. The molecule has 0 fully saturated rings. The number of unbranched alkanes of at least 4 members (excludes halogenated alkanes) is 5. The molecule has 2 N–H and O–H groups in total. The van der Waals surface area contributed by atoms with E-state index in [9.17, 15) is 14.0 Å². The fraction of sp³-hybridized carbons (Fsp3) is 1.00. The lowest BCUT2D eigenvalue weighted by atomic mass is 10.1. The molecule has 0 saturated heterocycles. The van der Waals surface area contributed by atoms with E-state index in [2.05, 4.69) is 6.92 Å². The van der Waals surface area contributed by atoms with Crippen LogP contribution in [-0.2, 0) is 13.7 Å². The van der Waals surface area contributed by atoms with Gasteiger partial charge in [-0.1, -0.05) is 39.0 Å². The molecule has 0 aromatic carbocycles. The Morgan fingerprint density at radius 2 is 1.53 bits per heavy atom. The molecule has 5 nitrogen and oxygen atoms in total. The van der Waals surface area contributed by atoms with Crippen LogP contribution in [0.4, 0.5) is 0 Å². The Bertz CT molecular complexity index is 286. The first-order valence-corrected chi connectivity index (χ1v) is 10.1. The predicted molar refractivity (Wildman–Crippen MR) is 69.8 cm³/mol. The lowest BCUT2D eigenvalue weighted by Crippen LogP contribution is -1.97. The maximum atomic E-state index is 11.4. The van der Waals surface area contributed by atoms with E-state index in [-0.39, 0.29) is 6.61 Å². The van der Waals surface area contributed by atoms with Crippen LogP contribution in [-0.4, -0.2) is 29.0 Å². The van der Waals surface area contributed by atoms with Gasteiger partial charge in [-0.3, -0.25) is 9.13 Å². The van der Waals surface area contributed by atoms with Crippen LogP contribution < -0.4 is 0 Å². The summed E-state index contributed by atoms with van der Waals surface area (Å²) in [6.45, 7) is 3.38. The van der Waals surface area contributed by atoms with Gasteiger partial charge >= 0.3 is 7.60 Å². The Kier molecular flexibility index (Phi) is 8.61. The SMILES string of the molecule is CCCCCCCCOP(=O)(O)CP(C)(=O)O. The van der Waals surface area contributed by atoms with Crippen molar-refractivity contribution in [1.82, 2.24) is 0 Å². The van der Waals surface area contributed by atoms with Crippen LogP contribution >= 0.6 is 15.0 Å². The van der Waals surface area contributed by atoms with E-state index in [0.29, 0.717) is 6.42 Å². The van der Waals surface area contributed by atoms with Crippen molar-refractivity contribution < 1.29 is 23.4 Å². The van der Waals surface area contributed by atoms with Gasteiger partial charge in [0.05, 0.1) is 6.61 Å². The highest BCUT2D eigenvalue weighted by Gasteiger charge is 2.28. The average Bonchev–Trinajstić information content (AvgIpc) is 2.12. The van der Waals surface area contributed by atoms with Crippen molar-refractivity contribution in [2.45, 2.75) is 45.4 Å². The van der Waals surface area contributed by atoms with Crippen molar-refractivity contribution >= 4 is 15.0 Å². The highest BCUT2D eigenvalue weighted by Crippen LogP contribution is 2.55. The molecule has 0 aliphatic rings. The van der Waals surface area contributed by atoms with Crippen molar-refractivity contribution in [3.05, 3.63) is 0 Å². The predicted octanol–water partition coefficient (Wildman–Crippen LogP) is 3.41. The zero-order valence-corrected chi connectivity index (χ0v) is 12.5. The molecule has 0 bridgehead atoms. The number of rotatable bonds is 10. The summed E-state index contributed by atoms with van der Waals surface area (Å²) in [4.78, 5) is 18.3. The van der Waals surface area contributed by atoms with E-state index in [4.69, 9.17) is 9.42 Å². The summed E-state index contributed by atoms with van der Waals surface area (Å²) in [5.74, 6) is -0.657. The van der Waals surface area contributed by atoms with Crippen LogP contribution in [0.25, 0.3) is 0 Å². The highest BCUT2D eigenvalue weighted by molar-refractivity contribution is 7.72. The molecule has 104 valence electrons. The molecule has 0 aromatic heterocycles. The number of hydrogen-bond acceptors (Lipinski definition) is 3. The first-order valence-electron chi connectivity index (χ1n) is 6.02. The van der Waals surface area contributed by atoms with Gasteiger partial charge in [0.1, 0.15) is 5.90 Å². The Labute approximate surface area is 104 Å². The summed E-state index contributed by atoms with van der Waals surface area (Å²) < 4.78 is 27.1. The largest absolute Gasteiger partial charge is 0.344 e. The van der Waals surface area contributed by atoms with Gasteiger partial charge in [0, 0.05) is 6.66 Å². The molecule has 0 radical (unpaired) electrons. The quantitative estimate of drug-likeness (QED) is 0.475. The third kappa shape index (κ3) is 12.6.